The fourth-order valence-electron chi connectivity index (χ4n) is 7.85. The minimum absolute atomic E-state index is 0.0934. The molecule has 268 valence electrons. The molecule has 2 unspecified atom stereocenters. The van der Waals surface area contributed by atoms with Crippen molar-refractivity contribution in [2.45, 2.75) is 39.3 Å². The summed E-state index contributed by atoms with van der Waals surface area (Å²) in [4.78, 5) is 46.2. The van der Waals surface area contributed by atoms with Crippen molar-refractivity contribution in [2.24, 2.45) is 11.8 Å². The van der Waals surface area contributed by atoms with Crippen LogP contribution in [-0.4, -0.2) is 108 Å². The van der Waals surface area contributed by atoms with Gasteiger partial charge in [0.1, 0.15) is 5.58 Å². The highest BCUT2D eigenvalue weighted by atomic mass is 32.2. The lowest BCUT2D eigenvalue weighted by Crippen LogP contribution is -2.53. The first-order valence-corrected chi connectivity index (χ1v) is 18.3. The average Bonchev–Trinajstić information content (AvgIpc) is 3.70. The van der Waals surface area contributed by atoms with Crippen molar-refractivity contribution in [1.82, 2.24) is 18.8 Å². The lowest BCUT2D eigenvalue weighted by atomic mass is 9.92. The predicted octanol–water partition coefficient (Wildman–Crippen LogP) is 2.45. The van der Waals surface area contributed by atoms with Crippen molar-refractivity contribution in [2.75, 3.05) is 72.0 Å². The van der Waals surface area contributed by atoms with Crippen LogP contribution < -0.4 is 20.0 Å². The lowest BCUT2D eigenvalue weighted by Gasteiger charge is -2.41. The number of nitrogens with one attached hydrogen (secondary N) is 1. The molecule has 50 heavy (non-hydrogen) atoms. The lowest BCUT2D eigenvalue weighted by molar-refractivity contribution is 0.0726. The molecule has 4 heterocycles. The van der Waals surface area contributed by atoms with Gasteiger partial charge in [-0.05, 0) is 74.9 Å². The summed E-state index contributed by atoms with van der Waals surface area (Å²) in [6.45, 7) is 7.81. The van der Waals surface area contributed by atoms with Crippen LogP contribution in [0.1, 0.15) is 49.4 Å². The number of hydrogen-bond donors (Lipinski definition) is 1. The van der Waals surface area contributed by atoms with Crippen LogP contribution >= 0.6 is 0 Å². The standard InChI is InChI=1S/C35H42FN5O8S/c1-19-12-28(39-11-10-38(3)23(16-39)18-47-4)20(2)31-29(19)24-8-9-40(17-27(24)35(44)49-31)34(43)25-6-7-26(32(48-5)30(25)36)33(42)37-50(45,46)41-14-21-13-22(21)15-41/h6-7,12,21-23H,8-11,13-18H2,1-5H3,(H,37,42)/t21?,22?,23-/m1/s1. The van der Waals surface area contributed by atoms with Gasteiger partial charge in [0, 0.05) is 63.0 Å². The van der Waals surface area contributed by atoms with E-state index in [0.717, 1.165) is 67.0 Å². The number of nitrogens with zero attached hydrogens (tertiary/aromatic N) is 4. The number of piperidine rings is 1. The maximum absolute atomic E-state index is 15.8. The van der Waals surface area contributed by atoms with E-state index in [2.05, 4.69) is 22.9 Å². The Morgan fingerprint density at radius 3 is 2.46 bits per heavy atom. The SMILES string of the molecule is COC[C@H]1CN(c2cc(C)c3c4c(c(=O)oc3c2C)CN(C(=O)c2ccc(C(=O)NS(=O)(=O)N3CC5CC5C3)c(OC)c2F)CC4)CCN1C. The molecule has 3 aliphatic heterocycles. The molecule has 0 bridgehead atoms. The number of benzene rings is 2. The van der Waals surface area contributed by atoms with E-state index in [1.54, 1.807) is 7.11 Å². The fraction of sp³-hybridized carbons (Fsp3) is 0.514. The number of piperazine rings is 1. The number of aryl methyl sites for hydroxylation is 2. The summed E-state index contributed by atoms with van der Waals surface area (Å²) >= 11 is 0. The number of anilines is 1. The zero-order chi connectivity index (χ0) is 35.6. The van der Waals surface area contributed by atoms with Crippen LogP contribution in [0.2, 0.25) is 0 Å². The smallest absolute Gasteiger partial charge is 0.341 e. The molecule has 2 aromatic carbocycles. The molecule has 4 aliphatic rings. The second-order valence-corrected chi connectivity index (χ2v) is 15.6. The fourth-order valence-corrected chi connectivity index (χ4v) is 9.10. The summed E-state index contributed by atoms with van der Waals surface area (Å²) in [5.74, 6) is -2.79. The third-order valence-corrected chi connectivity index (χ3v) is 12.3. The van der Waals surface area contributed by atoms with Crippen LogP contribution in [0.4, 0.5) is 10.1 Å². The van der Waals surface area contributed by atoms with E-state index >= 15 is 4.39 Å². The third kappa shape index (κ3) is 5.93. The van der Waals surface area contributed by atoms with Crippen molar-refractivity contribution >= 4 is 38.7 Å². The van der Waals surface area contributed by atoms with Gasteiger partial charge in [-0.25, -0.2) is 13.9 Å². The largest absolute Gasteiger partial charge is 0.493 e. The van der Waals surface area contributed by atoms with Gasteiger partial charge in [-0.1, -0.05) is 0 Å². The Kier molecular flexibility index (Phi) is 8.90. The molecule has 3 fully saturated rings. The number of hydrogen-bond acceptors (Lipinski definition) is 10. The van der Waals surface area contributed by atoms with Gasteiger partial charge in [0.05, 0.1) is 43.0 Å². The van der Waals surface area contributed by atoms with Gasteiger partial charge in [0.25, 0.3) is 11.8 Å². The highest BCUT2D eigenvalue weighted by Crippen LogP contribution is 2.45. The minimum atomic E-state index is -4.13. The van der Waals surface area contributed by atoms with E-state index in [1.165, 1.54) is 15.3 Å². The summed E-state index contributed by atoms with van der Waals surface area (Å²) < 4.78 is 61.2. The van der Waals surface area contributed by atoms with Crippen molar-refractivity contribution in [1.29, 1.82) is 0 Å². The molecule has 13 nitrogen and oxygen atoms in total. The van der Waals surface area contributed by atoms with Crippen LogP contribution in [-0.2, 0) is 27.9 Å². The van der Waals surface area contributed by atoms with Gasteiger partial charge >= 0.3 is 15.8 Å². The van der Waals surface area contributed by atoms with Crippen LogP contribution in [0.5, 0.6) is 5.75 Å². The molecule has 7 rings (SSSR count). The quantitative estimate of drug-likeness (QED) is 0.347. The number of carbonyl (C=O) groups is 2. The Labute approximate surface area is 290 Å². The Bertz CT molecular complexity index is 2060. The molecule has 3 atom stereocenters. The summed E-state index contributed by atoms with van der Waals surface area (Å²) in [6.07, 6.45) is 1.33. The number of ether oxygens (including phenoxy) is 2. The van der Waals surface area contributed by atoms with Gasteiger partial charge in [-0.15, -0.1) is 0 Å². The number of rotatable bonds is 8. The predicted molar refractivity (Wildman–Crippen MR) is 183 cm³/mol. The first kappa shape index (κ1) is 34.4. The zero-order valence-corrected chi connectivity index (χ0v) is 29.7. The molecule has 1 aromatic heterocycles. The van der Waals surface area contributed by atoms with E-state index in [9.17, 15) is 22.8 Å². The van der Waals surface area contributed by atoms with Crippen molar-refractivity contribution in [3.8, 4) is 5.75 Å². The second-order valence-electron chi connectivity index (χ2n) is 13.9. The highest BCUT2D eigenvalue weighted by Gasteiger charge is 2.49. The van der Waals surface area contributed by atoms with Crippen LogP contribution in [0.15, 0.2) is 27.4 Å². The van der Waals surface area contributed by atoms with Gasteiger partial charge in [0.2, 0.25) is 0 Å². The highest BCUT2D eigenvalue weighted by molar-refractivity contribution is 7.87. The van der Waals surface area contributed by atoms with Crippen LogP contribution in [0.3, 0.4) is 0 Å². The number of amides is 2. The molecular weight excluding hydrogens is 669 g/mol. The van der Waals surface area contributed by atoms with Crippen LogP contribution in [0, 0.1) is 31.5 Å². The third-order valence-electron chi connectivity index (χ3n) is 10.8. The molecule has 2 amide bonds. The first-order valence-electron chi connectivity index (χ1n) is 16.8. The number of halogens is 1. The van der Waals surface area contributed by atoms with E-state index < -0.39 is 39.2 Å². The van der Waals surface area contributed by atoms with Crippen molar-refractivity contribution in [3.63, 3.8) is 0 Å². The molecule has 15 heteroatoms. The van der Waals surface area contributed by atoms with E-state index in [-0.39, 0.29) is 30.3 Å². The second kappa shape index (κ2) is 12.9. The Hall–Kier alpha value is -4.05. The van der Waals surface area contributed by atoms with Crippen LogP contribution in [0.25, 0.3) is 11.0 Å². The summed E-state index contributed by atoms with van der Waals surface area (Å²) in [6, 6.07) is 4.66. The normalized spacial score (nSPS) is 22.4. The molecule has 1 aliphatic carbocycles. The van der Waals surface area contributed by atoms with E-state index in [0.29, 0.717) is 49.1 Å². The molecular formula is C35H42FN5O8S. The number of fused-ring (bicyclic) bond motifs is 4. The maximum atomic E-state index is 15.8. The van der Waals surface area contributed by atoms with Crippen molar-refractivity contribution < 1.29 is 36.3 Å². The molecule has 0 spiro atoms. The van der Waals surface area contributed by atoms with E-state index in [1.807, 2.05) is 18.6 Å². The average molecular weight is 712 g/mol. The molecule has 2 saturated heterocycles. The molecule has 0 radical (unpaired) electrons. The molecule has 1 saturated carbocycles. The van der Waals surface area contributed by atoms with Gasteiger partial charge in [-0.3, -0.25) is 14.5 Å². The van der Waals surface area contributed by atoms with Gasteiger partial charge in [-0.2, -0.15) is 12.7 Å². The Balaban J connectivity index is 1.13. The molecule has 1 N–H and O–H groups in total. The monoisotopic (exact) mass is 711 g/mol. The maximum Gasteiger partial charge on any atom is 0.341 e. The van der Waals surface area contributed by atoms with Gasteiger partial charge < -0.3 is 23.7 Å². The number of methoxy groups -OCH3 is 2. The van der Waals surface area contributed by atoms with Gasteiger partial charge in [0.15, 0.2) is 11.6 Å². The first-order chi connectivity index (χ1) is 23.8. The summed E-state index contributed by atoms with van der Waals surface area (Å²) in [7, 11) is 0.794. The zero-order valence-electron chi connectivity index (χ0n) is 28.9. The number of carbonyl (C=O) groups excluding carboxylic acids is 2. The topological polar surface area (TPSA) is 142 Å². The minimum Gasteiger partial charge on any atom is -0.493 e. The Morgan fingerprint density at radius 2 is 1.76 bits per heavy atom. The van der Waals surface area contributed by atoms with Crippen molar-refractivity contribution in [3.05, 3.63) is 67.8 Å². The van der Waals surface area contributed by atoms with E-state index in [4.69, 9.17) is 13.9 Å². The summed E-state index contributed by atoms with van der Waals surface area (Å²) in [5.41, 5.74) is 3.22. The number of likely N-dealkylation sites (N-methyl/N-ethyl adjacent to an activating group) is 1. The summed E-state index contributed by atoms with van der Waals surface area (Å²) in [5, 5.41) is 0.847. The molecule has 3 aromatic rings. The Morgan fingerprint density at radius 1 is 1.04 bits per heavy atom.